The summed E-state index contributed by atoms with van der Waals surface area (Å²) in [5, 5.41) is 16.2. The molecule has 0 saturated heterocycles. The van der Waals surface area contributed by atoms with E-state index in [0.717, 1.165) is 55.2 Å². The molecule has 3 heteroatoms. The molecule has 0 spiro atoms. The maximum atomic E-state index is 11.8. The van der Waals surface area contributed by atoms with Gasteiger partial charge in [-0.2, -0.15) is 0 Å². The number of fused-ring (bicyclic) bond motifs is 2. The number of hydrogen-bond acceptors (Lipinski definition) is 2. The average molecular weight is 445 g/mol. The molecule has 5 rings (SSSR count). The second-order valence-corrected chi connectivity index (χ2v) is 8.81. The van der Waals surface area contributed by atoms with E-state index in [-0.39, 0.29) is 0 Å². The molecule has 0 saturated carbocycles. The van der Waals surface area contributed by atoms with E-state index in [0.29, 0.717) is 12.3 Å². The molecule has 0 unspecified atom stereocenters. The summed E-state index contributed by atoms with van der Waals surface area (Å²) in [5.74, 6) is 1.27. The third-order valence-corrected chi connectivity index (χ3v) is 6.50. The molecule has 5 aromatic carbocycles. The number of benzene rings is 5. The Kier molecular flexibility index (Phi) is 5.77. The highest BCUT2D eigenvalue weighted by molar-refractivity contribution is 6.11. The van der Waals surface area contributed by atoms with E-state index in [1.807, 2.05) is 68.4 Å². The number of amidine groups is 1. The number of aromatic hydroxyl groups is 1. The number of hydrogen-bond donors (Lipinski definition) is 1. The summed E-state index contributed by atoms with van der Waals surface area (Å²) in [7, 11) is 4.01. The van der Waals surface area contributed by atoms with Gasteiger partial charge < -0.3 is 10.0 Å². The van der Waals surface area contributed by atoms with Gasteiger partial charge in [0.05, 0.1) is 12.4 Å². The van der Waals surface area contributed by atoms with Crippen LogP contribution in [0, 0.1) is 0 Å². The van der Waals surface area contributed by atoms with Crippen molar-refractivity contribution in [3.8, 4) is 28.0 Å². The normalized spacial score (nSPS) is 11.8. The Bertz CT molecular complexity index is 1520. The molecule has 0 bridgehead atoms. The lowest BCUT2D eigenvalue weighted by Crippen LogP contribution is -2.18. The SMILES string of the molecule is CC(=NCc1ccc2ccccc2c1-c1c(O)c(-c2ccccc2)cc2ccccc12)N(C)C. The number of nitrogens with zero attached hydrogens (tertiary/aromatic N) is 2. The second kappa shape index (κ2) is 9.03. The van der Waals surface area contributed by atoms with Gasteiger partial charge in [0.25, 0.3) is 0 Å². The summed E-state index contributed by atoms with van der Waals surface area (Å²) in [6, 6.07) is 33.1. The molecule has 0 atom stereocenters. The lowest BCUT2D eigenvalue weighted by Gasteiger charge is -2.19. The quantitative estimate of drug-likeness (QED) is 0.230. The summed E-state index contributed by atoms with van der Waals surface area (Å²) in [6.45, 7) is 2.55. The maximum Gasteiger partial charge on any atom is 0.131 e. The molecular weight excluding hydrogens is 416 g/mol. The zero-order valence-electron chi connectivity index (χ0n) is 19.8. The Morgan fingerprint density at radius 1 is 0.735 bits per heavy atom. The standard InChI is InChI=1S/C31H28N2O/c1-21(33(2)3)32-20-25-18-17-23-13-7-9-15-26(23)29(25)30-27-16-10-8-14-24(27)19-28(31(30)34)22-11-5-4-6-12-22/h4-19,34H,20H2,1-3H3. The molecule has 0 aliphatic carbocycles. The van der Waals surface area contributed by atoms with Crippen LogP contribution in [0.2, 0.25) is 0 Å². The van der Waals surface area contributed by atoms with Crippen LogP contribution in [-0.4, -0.2) is 29.9 Å². The first-order valence-electron chi connectivity index (χ1n) is 11.5. The van der Waals surface area contributed by atoms with Gasteiger partial charge in [-0.05, 0) is 51.2 Å². The predicted octanol–water partition coefficient (Wildman–Crippen LogP) is 7.51. The Labute approximate surface area is 200 Å². The van der Waals surface area contributed by atoms with Crippen molar-refractivity contribution in [1.29, 1.82) is 0 Å². The van der Waals surface area contributed by atoms with Crippen molar-refractivity contribution >= 4 is 27.4 Å². The molecule has 0 radical (unpaired) electrons. The number of phenols is 1. The van der Waals surface area contributed by atoms with Crippen LogP contribution in [0.4, 0.5) is 0 Å². The Hall–Kier alpha value is -4.11. The van der Waals surface area contributed by atoms with E-state index >= 15 is 0 Å². The maximum absolute atomic E-state index is 11.8. The van der Waals surface area contributed by atoms with Crippen LogP contribution in [0.25, 0.3) is 43.8 Å². The highest BCUT2D eigenvalue weighted by atomic mass is 16.3. The first-order valence-corrected chi connectivity index (χ1v) is 11.5. The first kappa shape index (κ1) is 21.7. The lowest BCUT2D eigenvalue weighted by molar-refractivity contribution is 0.480. The van der Waals surface area contributed by atoms with E-state index in [2.05, 4.69) is 54.6 Å². The smallest absolute Gasteiger partial charge is 0.131 e. The van der Waals surface area contributed by atoms with Crippen LogP contribution in [0.5, 0.6) is 5.75 Å². The molecule has 3 nitrogen and oxygen atoms in total. The largest absolute Gasteiger partial charge is 0.507 e. The lowest BCUT2D eigenvalue weighted by atomic mass is 9.87. The Morgan fingerprint density at radius 2 is 1.35 bits per heavy atom. The van der Waals surface area contributed by atoms with E-state index in [1.54, 1.807) is 0 Å². The van der Waals surface area contributed by atoms with Gasteiger partial charge >= 0.3 is 0 Å². The van der Waals surface area contributed by atoms with Crippen molar-refractivity contribution in [3.05, 3.63) is 103 Å². The summed E-state index contributed by atoms with van der Waals surface area (Å²) in [6.07, 6.45) is 0. The van der Waals surface area contributed by atoms with Crippen molar-refractivity contribution in [2.24, 2.45) is 4.99 Å². The van der Waals surface area contributed by atoms with Crippen LogP contribution in [0.3, 0.4) is 0 Å². The molecular formula is C31H28N2O. The fourth-order valence-corrected chi connectivity index (χ4v) is 4.51. The van der Waals surface area contributed by atoms with Gasteiger partial charge in [-0.3, -0.25) is 4.99 Å². The average Bonchev–Trinajstić information content (AvgIpc) is 2.87. The Balaban J connectivity index is 1.87. The molecule has 1 N–H and O–H groups in total. The minimum atomic E-state index is 0.302. The summed E-state index contributed by atoms with van der Waals surface area (Å²) in [4.78, 5) is 6.86. The zero-order valence-corrected chi connectivity index (χ0v) is 19.8. The van der Waals surface area contributed by atoms with E-state index in [9.17, 15) is 5.11 Å². The van der Waals surface area contributed by atoms with Crippen LogP contribution in [0.1, 0.15) is 12.5 Å². The highest BCUT2D eigenvalue weighted by Gasteiger charge is 2.20. The summed E-state index contributed by atoms with van der Waals surface area (Å²) < 4.78 is 0. The number of phenolic OH excluding ortho intramolecular Hbond substituents is 1. The van der Waals surface area contributed by atoms with Gasteiger partial charge in [0, 0.05) is 25.2 Å². The van der Waals surface area contributed by atoms with Gasteiger partial charge in [0.15, 0.2) is 0 Å². The van der Waals surface area contributed by atoms with Crippen molar-refractivity contribution < 1.29 is 5.11 Å². The van der Waals surface area contributed by atoms with E-state index in [4.69, 9.17) is 4.99 Å². The van der Waals surface area contributed by atoms with Crippen LogP contribution < -0.4 is 0 Å². The monoisotopic (exact) mass is 444 g/mol. The van der Waals surface area contributed by atoms with Crippen molar-refractivity contribution in [3.63, 3.8) is 0 Å². The van der Waals surface area contributed by atoms with Crippen LogP contribution in [0.15, 0.2) is 102 Å². The molecule has 0 aliphatic heterocycles. The molecule has 0 aliphatic rings. The van der Waals surface area contributed by atoms with Gasteiger partial charge in [0.2, 0.25) is 0 Å². The molecule has 34 heavy (non-hydrogen) atoms. The molecule has 168 valence electrons. The van der Waals surface area contributed by atoms with E-state index in [1.165, 1.54) is 0 Å². The molecule has 0 fully saturated rings. The van der Waals surface area contributed by atoms with Crippen LogP contribution in [-0.2, 0) is 6.54 Å². The fraction of sp³-hybridized carbons (Fsp3) is 0.129. The second-order valence-electron chi connectivity index (χ2n) is 8.81. The summed E-state index contributed by atoms with van der Waals surface area (Å²) in [5.41, 5.74) is 4.82. The fourth-order valence-electron chi connectivity index (χ4n) is 4.51. The van der Waals surface area contributed by atoms with Gasteiger partial charge in [-0.1, -0.05) is 91.0 Å². The summed E-state index contributed by atoms with van der Waals surface area (Å²) >= 11 is 0. The third-order valence-electron chi connectivity index (χ3n) is 6.50. The van der Waals surface area contributed by atoms with Crippen molar-refractivity contribution in [2.75, 3.05) is 14.1 Å². The molecule has 5 aromatic rings. The van der Waals surface area contributed by atoms with Gasteiger partial charge in [0.1, 0.15) is 5.75 Å². The predicted molar refractivity (Wildman–Crippen MR) is 144 cm³/mol. The number of rotatable bonds is 4. The van der Waals surface area contributed by atoms with Crippen molar-refractivity contribution in [1.82, 2.24) is 4.90 Å². The third kappa shape index (κ3) is 3.90. The molecule has 0 aromatic heterocycles. The first-order chi connectivity index (χ1) is 16.5. The minimum Gasteiger partial charge on any atom is -0.507 e. The highest BCUT2D eigenvalue weighted by Crippen LogP contribution is 2.46. The topological polar surface area (TPSA) is 35.8 Å². The molecule has 0 heterocycles. The van der Waals surface area contributed by atoms with Gasteiger partial charge in [-0.15, -0.1) is 0 Å². The van der Waals surface area contributed by atoms with Crippen molar-refractivity contribution in [2.45, 2.75) is 13.5 Å². The molecule has 0 amide bonds. The van der Waals surface area contributed by atoms with Crippen LogP contribution >= 0.6 is 0 Å². The minimum absolute atomic E-state index is 0.302. The zero-order chi connectivity index (χ0) is 23.7. The van der Waals surface area contributed by atoms with E-state index < -0.39 is 0 Å². The van der Waals surface area contributed by atoms with Gasteiger partial charge in [-0.25, -0.2) is 0 Å². The number of aliphatic imine (C=N–C) groups is 1. The Morgan fingerprint density at radius 3 is 2.06 bits per heavy atom.